The number of hydrogen-bond donors (Lipinski definition) is 1. The fourth-order valence-corrected chi connectivity index (χ4v) is 3.70. The van der Waals surface area contributed by atoms with Gasteiger partial charge in [0.25, 0.3) is 5.91 Å². The molecule has 1 aliphatic heterocycles. The van der Waals surface area contributed by atoms with Crippen LogP contribution in [0.5, 0.6) is 5.75 Å². The second kappa shape index (κ2) is 7.32. The van der Waals surface area contributed by atoms with Crippen molar-refractivity contribution in [3.8, 4) is 11.4 Å². The van der Waals surface area contributed by atoms with Gasteiger partial charge >= 0.3 is 0 Å². The first kappa shape index (κ1) is 18.0. The standard InChI is InChI=1S/C19H16BrClN4O2/c1-11-18(23-24-25(11)14-4-2-3-13(21)10-14)19(26)22-16-7-8-27-17-6-5-12(20)9-15(16)17/h2-6,9-10,16H,7-8H2,1H3,(H,22,26). The van der Waals surface area contributed by atoms with Gasteiger partial charge in [-0.1, -0.05) is 38.8 Å². The number of ether oxygens (including phenoxy) is 1. The highest BCUT2D eigenvalue weighted by molar-refractivity contribution is 9.10. The Morgan fingerprint density at radius 2 is 2.19 bits per heavy atom. The Kier molecular flexibility index (Phi) is 4.88. The lowest BCUT2D eigenvalue weighted by Crippen LogP contribution is -2.32. The summed E-state index contributed by atoms with van der Waals surface area (Å²) in [5.41, 5.74) is 2.64. The van der Waals surface area contributed by atoms with Crippen molar-refractivity contribution >= 4 is 33.4 Å². The van der Waals surface area contributed by atoms with Crippen molar-refractivity contribution in [2.24, 2.45) is 0 Å². The van der Waals surface area contributed by atoms with E-state index in [1.165, 1.54) is 0 Å². The number of carbonyl (C=O) groups is 1. The molecule has 0 saturated heterocycles. The highest BCUT2D eigenvalue weighted by Crippen LogP contribution is 2.34. The molecule has 0 saturated carbocycles. The van der Waals surface area contributed by atoms with Crippen molar-refractivity contribution in [3.05, 3.63) is 68.9 Å². The summed E-state index contributed by atoms with van der Waals surface area (Å²) >= 11 is 9.52. The molecule has 0 radical (unpaired) electrons. The predicted molar refractivity (Wildman–Crippen MR) is 106 cm³/mol. The molecule has 1 N–H and O–H groups in total. The molecule has 27 heavy (non-hydrogen) atoms. The lowest BCUT2D eigenvalue weighted by Gasteiger charge is -2.26. The van der Waals surface area contributed by atoms with Crippen LogP contribution in [0.2, 0.25) is 5.02 Å². The van der Waals surface area contributed by atoms with Crippen LogP contribution in [0.25, 0.3) is 5.69 Å². The molecule has 138 valence electrons. The summed E-state index contributed by atoms with van der Waals surface area (Å²) in [5, 5.41) is 11.8. The molecule has 1 unspecified atom stereocenters. The zero-order valence-electron chi connectivity index (χ0n) is 14.4. The first-order valence-electron chi connectivity index (χ1n) is 8.44. The SMILES string of the molecule is Cc1c(C(=O)NC2CCOc3ccc(Br)cc32)nnn1-c1cccc(Cl)c1. The van der Waals surface area contributed by atoms with Crippen LogP contribution in [-0.4, -0.2) is 27.5 Å². The van der Waals surface area contributed by atoms with Gasteiger partial charge in [0, 0.05) is 21.5 Å². The Balaban J connectivity index is 1.59. The molecule has 8 heteroatoms. The topological polar surface area (TPSA) is 69.0 Å². The molecular formula is C19H16BrClN4O2. The number of hydrogen-bond acceptors (Lipinski definition) is 4. The number of nitrogens with zero attached hydrogens (tertiary/aromatic N) is 3. The molecule has 1 aliphatic rings. The lowest BCUT2D eigenvalue weighted by molar-refractivity contribution is 0.0919. The minimum Gasteiger partial charge on any atom is -0.493 e. The van der Waals surface area contributed by atoms with Gasteiger partial charge in [-0.2, -0.15) is 0 Å². The van der Waals surface area contributed by atoms with Crippen LogP contribution in [0.15, 0.2) is 46.9 Å². The summed E-state index contributed by atoms with van der Waals surface area (Å²) in [7, 11) is 0. The molecule has 3 aromatic rings. The maximum Gasteiger partial charge on any atom is 0.274 e. The van der Waals surface area contributed by atoms with E-state index >= 15 is 0 Å². The maximum atomic E-state index is 12.8. The minimum absolute atomic E-state index is 0.144. The van der Waals surface area contributed by atoms with Gasteiger partial charge < -0.3 is 10.1 Å². The quantitative estimate of drug-likeness (QED) is 0.652. The largest absolute Gasteiger partial charge is 0.493 e. The molecule has 1 atom stereocenters. The molecule has 0 spiro atoms. The van der Waals surface area contributed by atoms with Crippen LogP contribution < -0.4 is 10.1 Å². The van der Waals surface area contributed by atoms with Crippen LogP contribution >= 0.6 is 27.5 Å². The Bertz CT molecular complexity index is 1020. The summed E-state index contributed by atoms with van der Waals surface area (Å²) in [5.74, 6) is 0.521. The van der Waals surface area contributed by atoms with Gasteiger partial charge in [0.05, 0.1) is 24.0 Å². The molecule has 6 nitrogen and oxygen atoms in total. The average Bonchev–Trinajstić information content (AvgIpc) is 3.04. The van der Waals surface area contributed by atoms with E-state index in [9.17, 15) is 4.79 Å². The Hall–Kier alpha value is -2.38. The van der Waals surface area contributed by atoms with Crippen molar-refractivity contribution in [1.29, 1.82) is 0 Å². The van der Waals surface area contributed by atoms with Crippen molar-refractivity contribution in [3.63, 3.8) is 0 Å². The highest BCUT2D eigenvalue weighted by atomic mass is 79.9. The van der Waals surface area contributed by atoms with Crippen molar-refractivity contribution < 1.29 is 9.53 Å². The molecule has 1 aromatic heterocycles. The monoisotopic (exact) mass is 446 g/mol. The van der Waals surface area contributed by atoms with E-state index in [1.807, 2.05) is 37.3 Å². The highest BCUT2D eigenvalue weighted by Gasteiger charge is 2.26. The summed E-state index contributed by atoms with van der Waals surface area (Å²) in [6.45, 7) is 2.36. The average molecular weight is 448 g/mol. The third-order valence-corrected chi connectivity index (χ3v) is 5.21. The molecule has 0 aliphatic carbocycles. The van der Waals surface area contributed by atoms with E-state index in [-0.39, 0.29) is 17.6 Å². The van der Waals surface area contributed by atoms with Crippen LogP contribution in [0.3, 0.4) is 0 Å². The molecule has 2 heterocycles. The number of halogens is 2. The Morgan fingerprint density at radius 1 is 1.33 bits per heavy atom. The number of aromatic nitrogens is 3. The van der Waals surface area contributed by atoms with Gasteiger partial charge in [-0.15, -0.1) is 5.10 Å². The number of fused-ring (bicyclic) bond motifs is 1. The second-order valence-corrected chi connectivity index (χ2v) is 7.61. The molecular weight excluding hydrogens is 432 g/mol. The van der Waals surface area contributed by atoms with Crippen LogP contribution in [0.4, 0.5) is 0 Å². The molecule has 1 amide bonds. The minimum atomic E-state index is -0.265. The van der Waals surface area contributed by atoms with Gasteiger partial charge in [-0.25, -0.2) is 4.68 Å². The van der Waals surface area contributed by atoms with Crippen molar-refractivity contribution in [2.75, 3.05) is 6.61 Å². The number of nitrogens with one attached hydrogen (secondary N) is 1. The number of amides is 1. The fourth-order valence-electron chi connectivity index (χ4n) is 3.13. The van der Waals surface area contributed by atoms with Crippen molar-refractivity contribution in [2.45, 2.75) is 19.4 Å². The maximum absolute atomic E-state index is 12.8. The third kappa shape index (κ3) is 3.57. The lowest BCUT2D eigenvalue weighted by atomic mass is 10.0. The van der Waals surface area contributed by atoms with Crippen LogP contribution in [-0.2, 0) is 0 Å². The Labute approximate surface area is 169 Å². The zero-order valence-corrected chi connectivity index (χ0v) is 16.8. The van der Waals surface area contributed by atoms with E-state index in [2.05, 4.69) is 31.6 Å². The van der Waals surface area contributed by atoms with Gasteiger partial charge in [0.15, 0.2) is 5.69 Å². The summed E-state index contributed by atoms with van der Waals surface area (Å²) in [4.78, 5) is 12.8. The first-order valence-corrected chi connectivity index (χ1v) is 9.61. The molecule has 4 rings (SSSR count). The molecule has 2 aromatic carbocycles. The summed E-state index contributed by atoms with van der Waals surface area (Å²) in [6.07, 6.45) is 0.691. The van der Waals surface area contributed by atoms with Crippen LogP contribution in [0, 0.1) is 6.92 Å². The van der Waals surface area contributed by atoms with E-state index in [0.29, 0.717) is 23.7 Å². The third-order valence-electron chi connectivity index (χ3n) is 4.48. The normalized spacial score (nSPS) is 15.7. The van der Waals surface area contributed by atoms with Gasteiger partial charge in [0.1, 0.15) is 5.75 Å². The summed E-state index contributed by atoms with van der Waals surface area (Å²) < 4.78 is 8.22. The summed E-state index contributed by atoms with van der Waals surface area (Å²) in [6, 6.07) is 12.9. The van der Waals surface area contributed by atoms with E-state index in [0.717, 1.165) is 21.5 Å². The van der Waals surface area contributed by atoms with E-state index in [1.54, 1.807) is 16.8 Å². The van der Waals surface area contributed by atoms with Gasteiger partial charge in [0.2, 0.25) is 0 Å². The number of carbonyl (C=O) groups excluding carboxylic acids is 1. The van der Waals surface area contributed by atoms with E-state index in [4.69, 9.17) is 16.3 Å². The Morgan fingerprint density at radius 3 is 3.00 bits per heavy atom. The van der Waals surface area contributed by atoms with Gasteiger partial charge in [-0.05, 0) is 43.3 Å². The molecule has 0 bridgehead atoms. The zero-order chi connectivity index (χ0) is 19.0. The molecule has 0 fully saturated rings. The predicted octanol–water partition coefficient (Wildman–Crippen LogP) is 4.25. The second-order valence-electron chi connectivity index (χ2n) is 6.26. The van der Waals surface area contributed by atoms with Crippen molar-refractivity contribution in [1.82, 2.24) is 20.3 Å². The first-order chi connectivity index (χ1) is 13.0. The van der Waals surface area contributed by atoms with Crippen LogP contribution in [0.1, 0.15) is 34.2 Å². The fraction of sp³-hybridized carbons (Fsp3) is 0.211. The number of rotatable bonds is 3. The number of benzene rings is 2. The van der Waals surface area contributed by atoms with E-state index < -0.39 is 0 Å². The smallest absolute Gasteiger partial charge is 0.274 e. The van der Waals surface area contributed by atoms with Gasteiger partial charge in [-0.3, -0.25) is 4.79 Å².